The van der Waals surface area contributed by atoms with Crippen molar-refractivity contribution in [1.82, 2.24) is 4.98 Å². The van der Waals surface area contributed by atoms with Crippen molar-refractivity contribution in [1.29, 1.82) is 0 Å². The molecular weight excluding hydrogens is 290 g/mol. The third-order valence-corrected chi connectivity index (χ3v) is 5.25. The van der Waals surface area contributed by atoms with Crippen molar-refractivity contribution in [3.63, 3.8) is 0 Å². The van der Waals surface area contributed by atoms with Gasteiger partial charge in [-0.2, -0.15) is 0 Å². The lowest BCUT2D eigenvalue weighted by atomic mass is 9.83. The van der Waals surface area contributed by atoms with Crippen LogP contribution in [0.3, 0.4) is 0 Å². The van der Waals surface area contributed by atoms with Crippen LogP contribution in [-0.4, -0.2) is 16.1 Å². The fourth-order valence-electron chi connectivity index (χ4n) is 4.12. The summed E-state index contributed by atoms with van der Waals surface area (Å²) in [7, 11) is 0. The van der Waals surface area contributed by atoms with Gasteiger partial charge in [-0.3, -0.25) is 0 Å². The van der Waals surface area contributed by atoms with Crippen molar-refractivity contribution in [2.75, 3.05) is 0 Å². The molecule has 4 rings (SSSR count). The lowest BCUT2D eigenvalue weighted by Crippen LogP contribution is -2.08. The van der Waals surface area contributed by atoms with Crippen molar-refractivity contribution >= 4 is 5.97 Å². The van der Waals surface area contributed by atoms with Crippen molar-refractivity contribution in [2.45, 2.75) is 31.6 Å². The van der Waals surface area contributed by atoms with Crippen molar-refractivity contribution in [3.8, 4) is 11.6 Å². The third kappa shape index (κ3) is 2.81. The van der Waals surface area contributed by atoms with Gasteiger partial charge in [0.1, 0.15) is 5.75 Å². The normalized spacial score (nSPS) is 25.5. The Labute approximate surface area is 135 Å². The van der Waals surface area contributed by atoms with E-state index < -0.39 is 5.97 Å². The Morgan fingerprint density at radius 1 is 1.09 bits per heavy atom. The zero-order chi connectivity index (χ0) is 15.8. The number of carbonyl (C=O) groups is 1. The maximum absolute atomic E-state index is 10.8. The zero-order valence-electron chi connectivity index (χ0n) is 12.8. The predicted octanol–water partition coefficient (Wildman–Crippen LogP) is 4.48. The van der Waals surface area contributed by atoms with E-state index in [1.807, 2.05) is 12.1 Å². The number of nitrogens with zero attached hydrogens (tertiary/aromatic N) is 1. The lowest BCUT2D eigenvalue weighted by molar-refractivity contribution is 0.0696. The van der Waals surface area contributed by atoms with E-state index in [1.54, 1.807) is 6.07 Å². The minimum Gasteiger partial charge on any atom is -0.478 e. The maximum Gasteiger partial charge on any atom is 0.337 e. The fourth-order valence-corrected chi connectivity index (χ4v) is 4.12. The summed E-state index contributed by atoms with van der Waals surface area (Å²) in [5.41, 5.74) is 1.57. The van der Waals surface area contributed by atoms with Gasteiger partial charge in [0.15, 0.2) is 0 Å². The van der Waals surface area contributed by atoms with Crippen LogP contribution in [0.5, 0.6) is 11.6 Å². The van der Waals surface area contributed by atoms with E-state index in [-0.39, 0.29) is 5.56 Å². The Balaban J connectivity index is 1.45. The minimum absolute atomic E-state index is 0.156. The van der Waals surface area contributed by atoms with E-state index in [0.29, 0.717) is 5.88 Å². The number of hydrogen-bond donors (Lipinski definition) is 1. The molecule has 1 aromatic carbocycles. The molecule has 0 saturated heterocycles. The average molecular weight is 309 g/mol. The highest BCUT2D eigenvalue weighted by atomic mass is 16.5. The molecule has 3 atom stereocenters. The van der Waals surface area contributed by atoms with Gasteiger partial charge >= 0.3 is 5.97 Å². The van der Waals surface area contributed by atoms with Crippen molar-refractivity contribution in [3.05, 3.63) is 53.7 Å². The van der Waals surface area contributed by atoms with Crippen LogP contribution in [0.25, 0.3) is 0 Å². The molecular formula is C19H19NO3. The van der Waals surface area contributed by atoms with Gasteiger partial charge in [-0.1, -0.05) is 18.6 Å². The third-order valence-electron chi connectivity index (χ3n) is 5.25. The molecule has 2 aliphatic rings. The number of pyridine rings is 1. The highest BCUT2D eigenvalue weighted by Crippen LogP contribution is 2.52. The average Bonchev–Trinajstić information content (AvgIpc) is 3.19. The van der Waals surface area contributed by atoms with Crippen LogP contribution in [0.15, 0.2) is 42.6 Å². The first-order chi connectivity index (χ1) is 11.2. The van der Waals surface area contributed by atoms with Gasteiger partial charge in [0.25, 0.3) is 0 Å². The van der Waals surface area contributed by atoms with E-state index in [2.05, 4.69) is 17.1 Å². The van der Waals surface area contributed by atoms with Crippen LogP contribution in [0.2, 0.25) is 0 Å². The second-order valence-corrected chi connectivity index (χ2v) is 6.64. The van der Waals surface area contributed by atoms with Crippen LogP contribution in [0.1, 0.15) is 47.5 Å². The summed E-state index contributed by atoms with van der Waals surface area (Å²) in [6.45, 7) is 0. The van der Waals surface area contributed by atoms with E-state index in [9.17, 15) is 4.79 Å². The number of benzene rings is 1. The molecule has 118 valence electrons. The van der Waals surface area contributed by atoms with Crippen molar-refractivity contribution in [2.24, 2.45) is 11.8 Å². The summed E-state index contributed by atoms with van der Waals surface area (Å²) in [5, 5.41) is 8.86. The molecule has 1 unspecified atom stereocenters. The second kappa shape index (κ2) is 5.69. The van der Waals surface area contributed by atoms with Gasteiger partial charge in [-0.05, 0) is 60.8 Å². The monoisotopic (exact) mass is 309 g/mol. The van der Waals surface area contributed by atoms with Gasteiger partial charge in [0.05, 0.1) is 5.56 Å². The van der Waals surface area contributed by atoms with Crippen LogP contribution in [-0.2, 0) is 0 Å². The molecule has 0 aliphatic heterocycles. The van der Waals surface area contributed by atoms with Gasteiger partial charge in [-0.25, -0.2) is 9.78 Å². The summed E-state index contributed by atoms with van der Waals surface area (Å²) in [6.07, 6.45) is 6.85. The Bertz CT molecular complexity index is 708. The van der Waals surface area contributed by atoms with Crippen LogP contribution >= 0.6 is 0 Å². The van der Waals surface area contributed by atoms with Crippen LogP contribution in [0, 0.1) is 11.8 Å². The Morgan fingerprint density at radius 2 is 1.91 bits per heavy atom. The van der Waals surface area contributed by atoms with Crippen LogP contribution < -0.4 is 4.74 Å². The molecule has 2 bridgehead atoms. The molecule has 4 heteroatoms. The molecule has 2 aliphatic carbocycles. The SMILES string of the molecule is O=C(O)c1ccc(Oc2ccc(C3C[C@@H]4CC[C@H]3C4)cc2)nc1. The first-order valence-electron chi connectivity index (χ1n) is 8.16. The van der Waals surface area contributed by atoms with Gasteiger partial charge in [-0.15, -0.1) is 0 Å². The number of ether oxygens (including phenoxy) is 1. The van der Waals surface area contributed by atoms with Crippen molar-refractivity contribution < 1.29 is 14.6 Å². The predicted molar refractivity (Wildman–Crippen MR) is 85.9 cm³/mol. The lowest BCUT2D eigenvalue weighted by Gasteiger charge is -2.22. The molecule has 0 radical (unpaired) electrons. The maximum atomic E-state index is 10.8. The minimum atomic E-state index is -0.987. The Hall–Kier alpha value is -2.36. The summed E-state index contributed by atoms with van der Waals surface area (Å²) in [4.78, 5) is 14.8. The highest BCUT2D eigenvalue weighted by Gasteiger charge is 2.39. The zero-order valence-corrected chi connectivity index (χ0v) is 12.8. The number of rotatable bonds is 4. The molecule has 1 heterocycles. The molecule has 1 N–H and O–H groups in total. The molecule has 2 saturated carbocycles. The smallest absolute Gasteiger partial charge is 0.337 e. The standard InChI is InChI=1S/C19H19NO3/c21-19(22)15-5-8-18(20-11-15)23-16-6-3-13(4-7-16)17-10-12-1-2-14(17)9-12/h3-8,11-12,14,17H,1-2,9-10H2,(H,21,22)/t12-,14+,17?/m1/s1. The molecule has 4 nitrogen and oxygen atoms in total. The number of carboxylic acids is 1. The number of hydrogen-bond acceptors (Lipinski definition) is 3. The summed E-state index contributed by atoms with van der Waals surface area (Å²) in [6, 6.07) is 11.3. The van der Waals surface area contributed by atoms with Gasteiger partial charge < -0.3 is 9.84 Å². The van der Waals surface area contributed by atoms with Crippen LogP contribution in [0.4, 0.5) is 0 Å². The summed E-state index contributed by atoms with van der Waals surface area (Å²) in [5.74, 6) is 2.68. The number of aromatic nitrogens is 1. The molecule has 2 aromatic rings. The van der Waals surface area contributed by atoms with Gasteiger partial charge in [0, 0.05) is 12.3 Å². The fraction of sp³-hybridized carbons (Fsp3) is 0.368. The van der Waals surface area contributed by atoms with Gasteiger partial charge in [0.2, 0.25) is 5.88 Å². The topological polar surface area (TPSA) is 59.4 Å². The Kier molecular flexibility index (Phi) is 3.52. The highest BCUT2D eigenvalue weighted by molar-refractivity contribution is 5.87. The number of aromatic carboxylic acids is 1. The quantitative estimate of drug-likeness (QED) is 0.905. The van der Waals surface area contributed by atoms with E-state index in [1.165, 1.54) is 43.5 Å². The summed E-state index contributed by atoms with van der Waals surface area (Å²) >= 11 is 0. The molecule has 23 heavy (non-hydrogen) atoms. The largest absolute Gasteiger partial charge is 0.478 e. The first-order valence-corrected chi connectivity index (χ1v) is 8.16. The number of carboxylic acid groups (broad SMARTS) is 1. The first kappa shape index (κ1) is 14.2. The molecule has 2 fully saturated rings. The van der Waals surface area contributed by atoms with E-state index in [0.717, 1.165) is 23.5 Å². The molecule has 0 spiro atoms. The number of fused-ring (bicyclic) bond motifs is 2. The second-order valence-electron chi connectivity index (χ2n) is 6.64. The summed E-state index contributed by atoms with van der Waals surface area (Å²) < 4.78 is 5.69. The van der Waals surface area contributed by atoms with E-state index >= 15 is 0 Å². The van der Waals surface area contributed by atoms with E-state index in [4.69, 9.17) is 9.84 Å². The Morgan fingerprint density at radius 3 is 2.48 bits per heavy atom. The molecule has 0 amide bonds. The molecule has 1 aromatic heterocycles.